The van der Waals surface area contributed by atoms with E-state index in [9.17, 15) is 9.59 Å². The van der Waals surface area contributed by atoms with Crippen molar-refractivity contribution in [3.8, 4) is 17.1 Å². The van der Waals surface area contributed by atoms with Gasteiger partial charge in [0.05, 0.1) is 18.1 Å². The summed E-state index contributed by atoms with van der Waals surface area (Å²) < 4.78 is 12.0. The number of hydrogen-bond donors (Lipinski definition) is 1. The Morgan fingerprint density at radius 1 is 1.08 bits per heavy atom. The molecule has 124 valence electrons. The van der Waals surface area contributed by atoms with Crippen LogP contribution in [0.15, 0.2) is 57.7 Å². The molecule has 6 heteroatoms. The number of benzene rings is 2. The fourth-order valence-electron chi connectivity index (χ4n) is 2.72. The van der Waals surface area contributed by atoms with Crippen LogP contribution in [0.2, 0.25) is 0 Å². The maximum Gasteiger partial charge on any atom is 0.335 e. The fourth-order valence-corrected chi connectivity index (χ4v) is 3.58. The highest BCUT2D eigenvalue weighted by molar-refractivity contribution is 7.17. The molecule has 2 aromatic heterocycles. The summed E-state index contributed by atoms with van der Waals surface area (Å²) in [6, 6.07) is 13.5. The third-order valence-corrected chi connectivity index (χ3v) is 4.98. The molecule has 1 N–H and O–H groups in total. The first-order valence-electron chi connectivity index (χ1n) is 7.45. The molecule has 0 aliphatic carbocycles. The molecule has 0 unspecified atom stereocenters. The van der Waals surface area contributed by atoms with Crippen LogP contribution >= 0.6 is 11.3 Å². The van der Waals surface area contributed by atoms with E-state index in [4.69, 9.17) is 14.3 Å². The minimum Gasteiger partial charge on any atom is -0.497 e. The number of hydrogen-bond acceptors (Lipinski definition) is 5. The molecule has 0 saturated carbocycles. The van der Waals surface area contributed by atoms with E-state index in [0.29, 0.717) is 28.0 Å². The lowest BCUT2D eigenvalue weighted by molar-refractivity contribution is 0.0697. The number of carboxylic acids is 1. The molecule has 0 bridgehead atoms. The van der Waals surface area contributed by atoms with Gasteiger partial charge in [0.2, 0.25) is 4.74 Å². The van der Waals surface area contributed by atoms with E-state index >= 15 is 0 Å². The van der Waals surface area contributed by atoms with Crippen LogP contribution in [-0.4, -0.2) is 18.2 Å². The van der Waals surface area contributed by atoms with Crippen molar-refractivity contribution in [2.75, 3.05) is 7.11 Å². The van der Waals surface area contributed by atoms with Crippen LogP contribution in [0.4, 0.5) is 0 Å². The second kappa shape index (κ2) is 5.75. The largest absolute Gasteiger partial charge is 0.497 e. The Labute approximate surface area is 145 Å². The number of aromatic carboxylic acids is 1. The second-order valence-electron chi connectivity index (χ2n) is 5.49. The van der Waals surface area contributed by atoms with Gasteiger partial charge in [0.15, 0.2) is 0 Å². The number of methoxy groups -OCH3 is 1. The molecule has 0 aliphatic heterocycles. The van der Waals surface area contributed by atoms with Crippen LogP contribution in [-0.2, 0) is 0 Å². The van der Waals surface area contributed by atoms with Crippen molar-refractivity contribution in [3.63, 3.8) is 0 Å². The highest BCUT2D eigenvalue weighted by atomic mass is 32.1. The summed E-state index contributed by atoms with van der Waals surface area (Å²) >= 11 is 1.16. The maximum atomic E-state index is 12.4. The van der Waals surface area contributed by atoms with Gasteiger partial charge < -0.3 is 14.3 Å². The number of furan rings is 1. The van der Waals surface area contributed by atoms with Crippen LogP contribution in [0.25, 0.3) is 32.4 Å². The minimum atomic E-state index is -0.988. The molecule has 0 radical (unpaired) electrons. The lowest BCUT2D eigenvalue weighted by Gasteiger charge is -2.02. The van der Waals surface area contributed by atoms with Crippen molar-refractivity contribution in [2.24, 2.45) is 0 Å². The Kier molecular flexibility index (Phi) is 3.54. The minimum absolute atomic E-state index is 0.0789. The lowest BCUT2D eigenvalue weighted by atomic mass is 10.1. The van der Waals surface area contributed by atoms with E-state index in [-0.39, 0.29) is 10.3 Å². The van der Waals surface area contributed by atoms with E-state index < -0.39 is 5.97 Å². The molecule has 25 heavy (non-hydrogen) atoms. The monoisotopic (exact) mass is 352 g/mol. The third-order valence-electron chi connectivity index (χ3n) is 4.00. The highest BCUT2D eigenvalue weighted by Crippen LogP contribution is 2.34. The van der Waals surface area contributed by atoms with Gasteiger partial charge in [0, 0.05) is 15.6 Å². The van der Waals surface area contributed by atoms with Crippen LogP contribution in [0.1, 0.15) is 10.4 Å². The average Bonchev–Trinajstić information content (AvgIpc) is 3.08. The van der Waals surface area contributed by atoms with E-state index in [1.165, 1.54) is 12.1 Å². The summed E-state index contributed by atoms with van der Waals surface area (Å²) in [5, 5.41) is 10.3. The fraction of sp³-hybridized carbons (Fsp3) is 0.0526. The summed E-state index contributed by atoms with van der Waals surface area (Å²) in [6.45, 7) is 0. The first-order valence-corrected chi connectivity index (χ1v) is 8.26. The molecule has 2 heterocycles. The van der Waals surface area contributed by atoms with Crippen LogP contribution in [0.3, 0.4) is 0 Å². The van der Waals surface area contributed by atoms with Gasteiger partial charge in [-0.15, -0.1) is 0 Å². The maximum absolute atomic E-state index is 12.4. The zero-order valence-corrected chi connectivity index (χ0v) is 13.9. The Morgan fingerprint density at radius 2 is 1.84 bits per heavy atom. The van der Waals surface area contributed by atoms with E-state index in [2.05, 4.69) is 0 Å². The first-order chi connectivity index (χ1) is 12.1. The van der Waals surface area contributed by atoms with Crippen molar-refractivity contribution in [3.05, 3.63) is 63.6 Å². The molecule has 0 amide bonds. The SMILES string of the molecule is COc1ccc2sc(=O)c3cc(-c4ccc(C(=O)O)cc4)oc3c2c1. The standard InChI is InChI=1S/C19H12O5S/c1-23-12-6-7-16-13(8-12)17-14(19(22)25-16)9-15(24-17)10-2-4-11(5-3-10)18(20)21/h2-9H,1H3,(H,20,21). The molecular weight excluding hydrogens is 340 g/mol. The van der Waals surface area contributed by atoms with Gasteiger partial charge in [-0.3, -0.25) is 4.79 Å². The Bertz CT molecular complexity index is 1170. The molecule has 4 aromatic rings. The van der Waals surface area contributed by atoms with Crippen LogP contribution in [0.5, 0.6) is 5.75 Å². The molecule has 0 fully saturated rings. The predicted molar refractivity (Wildman–Crippen MR) is 96.8 cm³/mol. The van der Waals surface area contributed by atoms with Gasteiger partial charge in [-0.25, -0.2) is 4.79 Å². The molecular formula is C19H12O5S. The van der Waals surface area contributed by atoms with Crippen molar-refractivity contribution < 1.29 is 19.1 Å². The van der Waals surface area contributed by atoms with Crippen molar-refractivity contribution >= 4 is 38.4 Å². The topological polar surface area (TPSA) is 76.7 Å². The molecule has 0 aliphatic rings. The predicted octanol–water partition coefficient (Wildman–Crippen LogP) is 4.38. The van der Waals surface area contributed by atoms with Crippen molar-refractivity contribution in [1.29, 1.82) is 0 Å². The van der Waals surface area contributed by atoms with Crippen molar-refractivity contribution in [2.45, 2.75) is 0 Å². The van der Waals surface area contributed by atoms with Crippen LogP contribution < -0.4 is 9.48 Å². The Hall–Kier alpha value is -3.12. The molecule has 4 rings (SSSR count). The first kappa shape index (κ1) is 15.4. The summed E-state index contributed by atoms with van der Waals surface area (Å²) in [5.74, 6) is 0.216. The number of carbonyl (C=O) groups is 1. The quantitative estimate of drug-likeness (QED) is 0.592. The van der Waals surface area contributed by atoms with Crippen LogP contribution in [0, 0.1) is 0 Å². The van der Waals surface area contributed by atoms with E-state index in [0.717, 1.165) is 21.4 Å². The number of carboxylic acid groups (broad SMARTS) is 1. The van der Waals surface area contributed by atoms with E-state index in [1.54, 1.807) is 31.4 Å². The average molecular weight is 352 g/mol. The van der Waals surface area contributed by atoms with Gasteiger partial charge in [0.1, 0.15) is 17.1 Å². The van der Waals surface area contributed by atoms with Gasteiger partial charge in [-0.1, -0.05) is 23.5 Å². The molecule has 5 nitrogen and oxygen atoms in total. The smallest absolute Gasteiger partial charge is 0.335 e. The Balaban J connectivity index is 1.94. The molecule has 0 atom stereocenters. The highest BCUT2D eigenvalue weighted by Gasteiger charge is 2.14. The zero-order valence-electron chi connectivity index (χ0n) is 13.1. The summed E-state index contributed by atoms with van der Waals surface area (Å²) in [4.78, 5) is 23.4. The van der Waals surface area contributed by atoms with E-state index in [1.807, 2.05) is 12.1 Å². The number of fused-ring (bicyclic) bond motifs is 3. The zero-order chi connectivity index (χ0) is 17.6. The third kappa shape index (κ3) is 2.56. The Morgan fingerprint density at radius 3 is 2.52 bits per heavy atom. The molecule has 0 saturated heterocycles. The lowest BCUT2D eigenvalue weighted by Crippen LogP contribution is -1.94. The number of rotatable bonds is 3. The summed E-state index contributed by atoms with van der Waals surface area (Å²) in [5.41, 5.74) is 1.42. The van der Waals surface area contributed by atoms with Gasteiger partial charge in [-0.05, 0) is 36.4 Å². The number of ether oxygens (including phenoxy) is 1. The molecule has 2 aromatic carbocycles. The van der Waals surface area contributed by atoms with Crippen molar-refractivity contribution in [1.82, 2.24) is 0 Å². The van der Waals surface area contributed by atoms with Gasteiger partial charge in [-0.2, -0.15) is 0 Å². The second-order valence-corrected chi connectivity index (χ2v) is 6.50. The normalized spacial score (nSPS) is 11.1. The summed E-state index contributed by atoms with van der Waals surface area (Å²) in [7, 11) is 1.58. The van der Waals surface area contributed by atoms with Gasteiger partial charge in [0.25, 0.3) is 0 Å². The summed E-state index contributed by atoms with van der Waals surface area (Å²) in [6.07, 6.45) is 0. The van der Waals surface area contributed by atoms with Gasteiger partial charge >= 0.3 is 5.97 Å². The molecule has 0 spiro atoms.